The number of benzene rings is 1. The minimum absolute atomic E-state index is 0.0269. The Morgan fingerprint density at radius 1 is 1.33 bits per heavy atom. The van der Waals surface area contributed by atoms with Gasteiger partial charge in [0.25, 0.3) is 0 Å². The van der Waals surface area contributed by atoms with E-state index in [0.29, 0.717) is 30.4 Å². The van der Waals surface area contributed by atoms with Crippen LogP contribution < -0.4 is 0 Å². The Hall–Kier alpha value is -2.58. The molecule has 2 aromatic heterocycles. The highest BCUT2D eigenvalue weighted by Gasteiger charge is 2.34. The van der Waals surface area contributed by atoms with Crippen molar-refractivity contribution in [3.8, 4) is 11.4 Å². The van der Waals surface area contributed by atoms with Crippen LogP contribution in [0.25, 0.3) is 11.4 Å². The second kappa shape index (κ2) is 7.58. The molecule has 0 radical (unpaired) electrons. The van der Waals surface area contributed by atoms with E-state index < -0.39 is 12.0 Å². The molecule has 2 unspecified atom stereocenters. The van der Waals surface area contributed by atoms with Gasteiger partial charge < -0.3 is 9.63 Å². The molecule has 3 aromatic rings. The fourth-order valence-electron chi connectivity index (χ4n) is 3.50. The zero-order chi connectivity index (χ0) is 18.8. The smallest absolute Gasteiger partial charge is 0.325 e. The molecule has 0 spiro atoms. The highest BCUT2D eigenvalue weighted by molar-refractivity contribution is 7.08. The third-order valence-corrected chi connectivity index (χ3v) is 5.51. The first kappa shape index (κ1) is 17.8. The van der Waals surface area contributed by atoms with Gasteiger partial charge in [-0.15, -0.1) is 0 Å². The van der Waals surface area contributed by atoms with Crippen molar-refractivity contribution in [1.29, 1.82) is 0 Å². The molecule has 1 aliphatic rings. The quantitative estimate of drug-likeness (QED) is 0.714. The lowest BCUT2D eigenvalue weighted by molar-refractivity contribution is -0.144. The lowest BCUT2D eigenvalue weighted by Crippen LogP contribution is -2.40. The molecule has 8 heteroatoms. The van der Waals surface area contributed by atoms with E-state index >= 15 is 0 Å². The summed E-state index contributed by atoms with van der Waals surface area (Å²) in [5.41, 5.74) is 1.48. The monoisotopic (exact) mass is 387 g/mol. The lowest BCUT2D eigenvalue weighted by atomic mass is 9.95. The summed E-state index contributed by atoms with van der Waals surface area (Å²) in [6.45, 7) is 1.25. The van der Waals surface area contributed by atoms with Crippen molar-refractivity contribution in [3.05, 3.63) is 58.4 Å². The molecule has 3 heterocycles. The zero-order valence-corrected chi connectivity index (χ0v) is 15.2. The first-order chi connectivity index (χ1) is 13.1. The molecule has 140 valence electrons. The maximum Gasteiger partial charge on any atom is 0.325 e. The number of carboxylic acids is 1. The fraction of sp³-hybridized carbons (Fsp3) is 0.316. The molecule has 1 fully saturated rings. The van der Waals surface area contributed by atoms with E-state index in [-0.39, 0.29) is 11.7 Å². The summed E-state index contributed by atoms with van der Waals surface area (Å²) in [7, 11) is 0. The molecule has 1 N–H and O–H groups in total. The Morgan fingerprint density at radius 3 is 2.85 bits per heavy atom. The summed E-state index contributed by atoms with van der Waals surface area (Å²) in [6.07, 6.45) is 1.71. The Labute approximate surface area is 159 Å². The average molecular weight is 387 g/mol. The number of likely N-dealkylation sites (tertiary alicyclic amines) is 1. The summed E-state index contributed by atoms with van der Waals surface area (Å²) in [6, 6.07) is 7.10. The van der Waals surface area contributed by atoms with Crippen molar-refractivity contribution in [2.75, 3.05) is 13.1 Å². The number of aromatic nitrogens is 2. The predicted molar refractivity (Wildman–Crippen MR) is 97.9 cm³/mol. The van der Waals surface area contributed by atoms with Crippen molar-refractivity contribution < 1.29 is 18.8 Å². The van der Waals surface area contributed by atoms with E-state index in [9.17, 15) is 14.3 Å². The first-order valence-corrected chi connectivity index (χ1v) is 9.64. The molecule has 6 nitrogen and oxygen atoms in total. The first-order valence-electron chi connectivity index (χ1n) is 8.70. The van der Waals surface area contributed by atoms with Crippen molar-refractivity contribution >= 4 is 17.3 Å². The SMILES string of the molecule is O=C(O)C(c1ccsc1)N1CCCC(c2nc(-c3ccc(F)cc3)no2)C1. The van der Waals surface area contributed by atoms with Crippen LogP contribution >= 0.6 is 11.3 Å². The van der Waals surface area contributed by atoms with E-state index in [0.717, 1.165) is 18.4 Å². The lowest BCUT2D eigenvalue weighted by Gasteiger charge is -2.34. The van der Waals surface area contributed by atoms with Gasteiger partial charge in [-0.2, -0.15) is 16.3 Å². The summed E-state index contributed by atoms with van der Waals surface area (Å²) < 4.78 is 18.5. The van der Waals surface area contributed by atoms with Crippen LogP contribution in [0.1, 0.15) is 36.3 Å². The molecular formula is C19H18FN3O3S. The molecule has 0 bridgehead atoms. The van der Waals surface area contributed by atoms with Gasteiger partial charge in [-0.3, -0.25) is 9.69 Å². The molecular weight excluding hydrogens is 369 g/mol. The topological polar surface area (TPSA) is 79.5 Å². The van der Waals surface area contributed by atoms with Crippen LogP contribution in [0.5, 0.6) is 0 Å². The number of thiophene rings is 1. The summed E-state index contributed by atoms with van der Waals surface area (Å²) in [5.74, 6) is -0.297. The van der Waals surface area contributed by atoms with Crippen molar-refractivity contribution in [2.45, 2.75) is 24.8 Å². The molecule has 1 aliphatic heterocycles. The van der Waals surface area contributed by atoms with E-state index in [1.807, 2.05) is 21.7 Å². The number of hydrogen-bond donors (Lipinski definition) is 1. The van der Waals surface area contributed by atoms with Crippen LogP contribution in [0, 0.1) is 5.82 Å². The Morgan fingerprint density at radius 2 is 2.15 bits per heavy atom. The van der Waals surface area contributed by atoms with E-state index in [2.05, 4.69) is 10.1 Å². The van der Waals surface area contributed by atoms with Gasteiger partial charge in [-0.1, -0.05) is 5.16 Å². The van der Waals surface area contributed by atoms with Crippen LogP contribution in [0.3, 0.4) is 0 Å². The minimum Gasteiger partial charge on any atom is -0.480 e. The van der Waals surface area contributed by atoms with Crippen LogP contribution in [-0.2, 0) is 4.79 Å². The fourth-order valence-corrected chi connectivity index (χ4v) is 4.18. The maximum atomic E-state index is 13.1. The van der Waals surface area contributed by atoms with Gasteiger partial charge in [0.15, 0.2) is 0 Å². The van der Waals surface area contributed by atoms with Gasteiger partial charge in [0, 0.05) is 12.1 Å². The minimum atomic E-state index is -0.855. The van der Waals surface area contributed by atoms with Crippen LogP contribution in [0.2, 0.25) is 0 Å². The van der Waals surface area contributed by atoms with Crippen molar-refractivity contribution in [3.63, 3.8) is 0 Å². The second-order valence-corrected chi connectivity index (χ2v) is 7.37. The van der Waals surface area contributed by atoms with Gasteiger partial charge >= 0.3 is 5.97 Å². The molecule has 27 heavy (non-hydrogen) atoms. The number of carboxylic acid groups (broad SMARTS) is 1. The standard InChI is InChI=1S/C19H18FN3O3S/c20-15-5-3-12(4-6-15)17-21-18(26-22-17)13-2-1-8-23(10-13)16(19(24)25)14-7-9-27-11-14/h3-7,9,11,13,16H,1-2,8,10H2,(H,24,25). The number of aliphatic carboxylic acids is 1. The molecule has 4 rings (SSSR count). The van der Waals surface area contributed by atoms with Crippen LogP contribution in [-0.4, -0.2) is 39.2 Å². The number of halogens is 1. The van der Waals surface area contributed by atoms with Crippen molar-refractivity contribution in [1.82, 2.24) is 15.0 Å². The largest absolute Gasteiger partial charge is 0.480 e. The van der Waals surface area contributed by atoms with Crippen molar-refractivity contribution in [2.24, 2.45) is 0 Å². The normalized spacial score (nSPS) is 19.1. The highest BCUT2D eigenvalue weighted by atomic mass is 32.1. The zero-order valence-electron chi connectivity index (χ0n) is 14.4. The Bertz CT molecular complexity index is 911. The molecule has 0 amide bonds. The highest BCUT2D eigenvalue weighted by Crippen LogP contribution is 2.33. The number of nitrogens with zero attached hydrogens (tertiary/aromatic N) is 3. The van der Waals surface area contributed by atoms with Gasteiger partial charge in [-0.05, 0) is 66.0 Å². The summed E-state index contributed by atoms with van der Waals surface area (Å²) in [4.78, 5) is 18.3. The number of carbonyl (C=O) groups is 1. The van der Waals surface area contributed by atoms with E-state index in [1.54, 1.807) is 12.1 Å². The van der Waals surface area contributed by atoms with Crippen LogP contribution in [0.4, 0.5) is 4.39 Å². The average Bonchev–Trinajstić information content (AvgIpc) is 3.35. The van der Waals surface area contributed by atoms with Crippen LogP contribution in [0.15, 0.2) is 45.6 Å². The van der Waals surface area contributed by atoms with Gasteiger partial charge in [-0.25, -0.2) is 4.39 Å². The number of hydrogen-bond acceptors (Lipinski definition) is 6. The Kier molecular flexibility index (Phi) is 5.00. The number of piperidine rings is 1. The van der Waals surface area contributed by atoms with E-state index in [1.165, 1.54) is 23.5 Å². The third kappa shape index (κ3) is 3.77. The Balaban J connectivity index is 1.53. The molecule has 0 saturated carbocycles. The van der Waals surface area contributed by atoms with Gasteiger partial charge in [0.05, 0.1) is 5.92 Å². The molecule has 1 aromatic carbocycles. The second-order valence-electron chi connectivity index (χ2n) is 6.59. The summed E-state index contributed by atoms with van der Waals surface area (Å²) in [5, 5.41) is 17.5. The maximum absolute atomic E-state index is 13.1. The molecule has 1 saturated heterocycles. The van der Waals surface area contributed by atoms with E-state index in [4.69, 9.17) is 4.52 Å². The molecule has 0 aliphatic carbocycles. The van der Waals surface area contributed by atoms with Gasteiger partial charge in [0.1, 0.15) is 11.9 Å². The van der Waals surface area contributed by atoms with Gasteiger partial charge in [0.2, 0.25) is 11.7 Å². The third-order valence-electron chi connectivity index (χ3n) is 4.80. The number of rotatable bonds is 5. The predicted octanol–water partition coefficient (Wildman–Crippen LogP) is 3.94. The summed E-state index contributed by atoms with van der Waals surface area (Å²) >= 11 is 1.49. The molecule has 2 atom stereocenters.